The van der Waals surface area contributed by atoms with Crippen LogP contribution in [0, 0.1) is 0 Å². The van der Waals surface area contributed by atoms with Gasteiger partial charge in [0, 0.05) is 30.7 Å². The number of alkyl halides is 3. The molecular weight excluding hydrogens is 485 g/mol. The van der Waals surface area contributed by atoms with Gasteiger partial charge >= 0.3 is 6.18 Å². The third-order valence-corrected chi connectivity index (χ3v) is 4.87. The number of nitrogens with zero attached hydrogens (tertiary/aromatic N) is 3. The van der Waals surface area contributed by atoms with Gasteiger partial charge in [0.05, 0.1) is 24.7 Å². The highest BCUT2D eigenvalue weighted by Crippen LogP contribution is 2.43. The van der Waals surface area contributed by atoms with E-state index in [4.69, 9.17) is 14.2 Å². The lowest BCUT2D eigenvalue weighted by molar-refractivity contribution is -0.148. The number of anilines is 2. The van der Waals surface area contributed by atoms with Crippen LogP contribution in [0.25, 0.3) is 0 Å². The van der Waals surface area contributed by atoms with E-state index in [0.717, 1.165) is 0 Å². The number of methoxy groups -OCH3 is 1. The van der Waals surface area contributed by atoms with Crippen molar-refractivity contribution < 1.29 is 32.2 Å². The Morgan fingerprint density at radius 3 is 2.55 bits per heavy atom. The van der Waals surface area contributed by atoms with Crippen LogP contribution in [-0.2, 0) is 19.0 Å². The van der Waals surface area contributed by atoms with E-state index in [1.807, 2.05) is 0 Å². The number of aromatic nitrogens is 2. The average Bonchev–Trinajstić information content (AvgIpc) is 3.19. The summed E-state index contributed by atoms with van der Waals surface area (Å²) < 4.78 is 56.0. The van der Waals surface area contributed by atoms with Crippen molar-refractivity contribution in [3.05, 3.63) is 58.2 Å². The van der Waals surface area contributed by atoms with Gasteiger partial charge in [-0.3, -0.25) is 4.79 Å². The van der Waals surface area contributed by atoms with Crippen molar-refractivity contribution in [3.8, 4) is 0 Å². The molecule has 1 amide bonds. The lowest BCUT2D eigenvalue weighted by Gasteiger charge is -2.16. The van der Waals surface area contributed by atoms with Gasteiger partial charge in [0.15, 0.2) is 0 Å². The molecule has 1 aliphatic heterocycles. The van der Waals surface area contributed by atoms with Gasteiger partial charge in [0.1, 0.15) is 0 Å². The molecule has 2 aromatic rings. The zero-order valence-corrected chi connectivity index (χ0v) is 18.0. The zero-order valence-electron chi connectivity index (χ0n) is 16.4. The Kier molecular flexibility index (Phi) is 7.01. The molecule has 12 heteroatoms. The Morgan fingerprint density at radius 2 is 1.94 bits per heavy atom. The summed E-state index contributed by atoms with van der Waals surface area (Å²) in [6, 6.07) is 6.44. The van der Waals surface area contributed by atoms with Crippen molar-refractivity contribution in [2.75, 3.05) is 37.5 Å². The van der Waals surface area contributed by atoms with Gasteiger partial charge in [0.2, 0.25) is 11.7 Å². The number of hydrogen-bond donors (Lipinski definition) is 1. The van der Waals surface area contributed by atoms with Gasteiger partial charge in [-0.1, -0.05) is 34.1 Å². The van der Waals surface area contributed by atoms with Crippen LogP contribution in [0.1, 0.15) is 11.9 Å². The normalized spacial score (nSPS) is 16.0. The van der Waals surface area contributed by atoms with Gasteiger partial charge in [-0.15, -0.1) is 0 Å². The second-order valence-electron chi connectivity index (χ2n) is 6.39. The number of halogens is 4. The standard InChI is InChI=1S/C19H18BrF3N4O4/c1-27(7-8-29-2)18-24-9-11(10-25-18)26-16(28)14-15(19(21,22)23)31-17(30-14)12-5-3-4-6-13(12)20/h3-6,9-10,17H,7-8H2,1-2H3,(H,26,28). The third kappa shape index (κ3) is 5.44. The van der Waals surface area contributed by atoms with Crippen molar-refractivity contribution in [1.29, 1.82) is 0 Å². The summed E-state index contributed by atoms with van der Waals surface area (Å²) in [6.07, 6.45) is -3.80. The van der Waals surface area contributed by atoms with Gasteiger partial charge in [-0.25, -0.2) is 9.97 Å². The van der Waals surface area contributed by atoms with Crippen LogP contribution in [0.5, 0.6) is 0 Å². The average molecular weight is 503 g/mol. The molecule has 3 rings (SSSR count). The summed E-state index contributed by atoms with van der Waals surface area (Å²) in [5.41, 5.74) is 0.398. The van der Waals surface area contributed by atoms with E-state index in [2.05, 4.69) is 31.2 Å². The summed E-state index contributed by atoms with van der Waals surface area (Å²) >= 11 is 3.23. The molecule has 1 aromatic heterocycles. The fourth-order valence-electron chi connectivity index (χ4n) is 2.59. The Morgan fingerprint density at radius 1 is 1.26 bits per heavy atom. The van der Waals surface area contributed by atoms with Crippen molar-refractivity contribution in [1.82, 2.24) is 9.97 Å². The predicted octanol–water partition coefficient (Wildman–Crippen LogP) is 3.78. The predicted molar refractivity (Wildman–Crippen MR) is 108 cm³/mol. The number of allylic oxidation sites excluding steroid dienone is 1. The molecule has 0 spiro atoms. The van der Waals surface area contributed by atoms with E-state index in [1.54, 1.807) is 37.3 Å². The number of nitrogens with one attached hydrogen (secondary N) is 1. The van der Waals surface area contributed by atoms with Crippen LogP contribution in [0.4, 0.5) is 24.8 Å². The second-order valence-corrected chi connectivity index (χ2v) is 7.24. The third-order valence-electron chi connectivity index (χ3n) is 4.15. The number of rotatable bonds is 7. The van der Waals surface area contributed by atoms with Gasteiger partial charge in [-0.05, 0) is 6.07 Å². The van der Waals surface area contributed by atoms with Crippen LogP contribution in [0.15, 0.2) is 52.7 Å². The van der Waals surface area contributed by atoms with Crippen molar-refractivity contribution >= 4 is 33.5 Å². The largest absolute Gasteiger partial charge is 0.453 e. The highest BCUT2D eigenvalue weighted by Gasteiger charge is 2.48. The number of amides is 1. The van der Waals surface area contributed by atoms with E-state index >= 15 is 0 Å². The number of carbonyl (C=O) groups is 1. The summed E-state index contributed by atoms with van der Waals surface area (Å²) in [4.78, 5) is 22.4. The molecule has 8 nitrogen and oxygen atoms in total. The lowest BCUT2D eigenvalue weighted by Crippen LogP contribution is -2.24. The monoisotopic (exact) mass is 502 g/mol. The Labute approximate surface area is 184 Å². The van der Waals surface area contributed by atoms with E-state index in [0.29, 0.717) is 29.1 Å². The molecular formula is C19H18BrF3N4O4. The fourth-order valence-corrected chi connectivity index (χ4v) is 3.06. The van der Waals surface area contributed by atoms with Crippen molar-refractivity contribution in [2.24, 2.45) is 0 Å². The van der Waals surface area contributed by atoms with Crippen molar-refractivity contribution in [2.45, 2.75) is 12.5 Å². The first-order valence-corrected chi connectivity index (χ1v) is 9.72. The first kappa shape index (κ1) is 22.8. The number of ether oxygens (including phenoxy) is 3. The topological polar surface area (TPSA) is 85.8 Å². The van der Waals surface area contributed by atoms with Crippen LogP contribution in [-0.4, -0.2) is 49.4 Å². The molecule has 0 fully saturated rings. The molecule has 0 aliphatic carbocycles. The van der Waals surface area contributed by atoms with E-state index in [-0.39, 0.29) is 5.69 Å². The van der Waals surface area contributed by atoms with Crippen LogP contribution in [0.2, 0.25) is 0 Å². The molecule has 1 atom stereocenters. The number of likely N-dealkylation sites (N-methyl/N-ethyl adjacent to an activating group) is 1. The summed E-state index contributed by atoms with van der Waals surface area (Å²) in [6.45, 7) is 0.994. The number of carbonyl (C=O) groups excluding carboxylic acids is 1. The molecule has 31 heavy (non-hydrogen) atoms. The molecule has 0 bridgehead atoms. The molecule has 0 saturated carbocycles. The highest BCUT2D eigenvalue weighted by atomic mass is 79.9. The highest BCUT2D eigenvalue weighted by molar-refractivity contribution is 9.10. The molecule has 1 aliphatic rings. The Bertz CT molecular complexity index is 969. The Balaban J connectivity index is 1.76. The maximum atomic E-state index is 13.4. The zero-order chi connectivity index (χ0) is 22.6. The van der Waals surface area contributed by atoms with E-state index in [1.165, 1.54) is 18.5 Å². The molecule has 166 valence electrons. The smallest absolute Gasteiger partial charge is 0.441 e. The molecule has 0 radical (unpaired) electrons. The van der Waals surface area contributed by atoms with Crippen LogP contribution in [0.3, 0.4) is 0 Å². The minimum atomic E-state index is -4.92. The van der Waals surface area contributed by atoms with Crippen LogP contribution >= 0.6 is 15.9 Å². The quantitative estimate of drug-likeness (QED) is 0.616. The fraction of sp³-hybridized carbons (Fsp3) is 0.316. The molecule has 0 saturated heterocycles. The van der Waals surface area contributed by atoms with Gasteiger partial charge in [-0.2, -0.15) is 13.2 Å². The molecule has 1 aromatic carbocycles. The minimum absolute atomic E-state index is 0.0934. The maximum Gasteiger partial charge on any atom is 0.453 e. The first-order chi connectivity index (χ1) is 14.7. The molecule has 1 unspecified atom stereocenters. The van der Waals surface area contributed by atoms with Crippen LogP contribution < -0.4 is 10.2 Å². The Hall–Kier alpha value is -2.86. The number of hydrogen-bond acceptors (Lipinski definition) is 7. The molecule has 1 N–H and O–H groups in total. The second kappa shape index (κ2) is 9.52. The minimum Gasteiger partial charge on any atom is -0.441 e. The van der Waals surface area contributed by atoms with E-state index < -0.39 is 29.9 Å². The summed E-state index contributed by atoms with van der Waals surface area (Å²) in [7, 11) is 3.31. The SMILES string of the molecule is COCCN(C)c1ncc(NC(=O)C2=C(C(F)(F)F)OC(c3ccccc3Br)O2)cn1. The van der Waals surface area contributed by atoms with Gasteiger partial charge < -0.3 is 24.4 Å². The summed E-state index contributed by atoms with van der Waals surface area (Å²) in [5.74, 6) is -3.26. The number of benzene rings is 1. The van der Waals surface area contributed by atoms with Gasteiger partial charge in [0.25, 0.3) is 18.0 Å². The molecule has 2 heterocycles. The lowest BCUT2D eigenvalue weighted by atomic mass is 10.2. The maximum absolute atomic E-state index is 13.4. The first-order valence-electron chi connectivity index (χ1n) is 8.93. The van der Waals surface area contributed by atoms with Crippen molar-refractivity contribution in [3.63, 3.8) is 0 Å². The van der Waals surface area contributed by atoms with E-state index in [9.17, 15) is 18.0 Å². The summed E-state index contributed by atoms with van der Waals surface area (Å²) in [5, 5.41) is 2.30.